The van der Waals surface area contributed by atoms with Gasteiger partial charge in [0.15, 0.2) is 0 Å². The normalized spacial score (nSPS) is 21.3. The highest BCUT2D eigenvalue weighted by Gasteiger charge is 2.32. The van der Waals surface area contributed by atoms with Crippen LogP contribution >= 0.6 is 11.8 Å². The monoisotopic (exact) mass is 336 g/mol. The second-order valence-electron chi connectivity index (χ2n) is 7.60. The molecule has 0 radical (unpaired) electrons. The van der Waals surface area contributed by atoms with Crippen molar-refractivity contribution in [2.75, 3.05) is 29.9 Å². The van der Waals surface area contributed by atoms with E-state index in [1.165, 1.54) is 0 Å². The Morgan fingerprint density at radius 3 is 2.74 bits per heavy atom. The Labute approximate surface area is 143 Å². The molecule has 1 amide bonds. The van der Waals surface area contributed by atoms with Crippen LogP contribution in [0.3, 0.4) is 0 Å². The molecule has 23 heavy (non-hydrogen) atoms. The largest absolute Gasteiger partial charge is 0.387 e. The smallest absolute Gasteiger partial charge is 0.251 e. The van der Waals surface area contributed by atoms with Crippen molar-refractivity contribution in [3.05, 3.63) is 29.3 Å². The van der Waals surface area contributed by atoms with Gasteiger partial charge in [-0.1, -0.05) is 26.8 Å². The van der Waals surface area contributed by atoms with Gasteiger partial charge in [-0.05, 0) is 42.2 Å². The summed E-state index contributed by atoms with van der Waals surface area (Å²) in [7, 11) is 0. The summed E-state index contributed by atoms with van der Waals surface area (Å²) in [6, 6.07) is 5.73. The van der Waals surface area contributed by atoms with Crippen molar-refractivity contribution in [3.63, 3.8) is 0 Å². The van der Waals surface area contributed by atoms with Crippen LogP contribution in [0, 0.1) is 12.3 Å². The van der Waals surface area contributed by atoms with Crippen molar-refractivity contribution < 1.29 is 9.90 Å². The fourth-order valence-corrected chi connectivity index (χ4v) is 3.80. The van der Waals surface area contributed by atoms with E-state index in [2.05, 4.69) is 31.4 Å². The molecule has 1 aromatic rings. The molecule has 128 valence electrons. The first kappa shape index (κ1) is 18.1. The molecule has 0 unspecified atom stereocenters. The van der Waals surface area contributed by atoms with E-state index < -0.39 is 5.60 Å². The highest BCUT2D eigenvalue weighted by molar-refractivity contribution is 7.99. The molecule has 5 heteroatoms. The molecule has 1 aromatic carbocycles. The van der Waals surface area contributed by atoms with Gasteiger partial charge >= 0.3 is 0 Å². The van der Waals surface area contributed by atoms with Gasteiger partial charge in [0.25, 0.3) is 5.91 Å². The first-order valence-electron chi connectivity index (χ1n) is 8.12. The van der Waals surface area contributed by atoms with E-state index in [1.807, 2.05) is 25.1 Å². The van der Waals surface area contributed by atoms with Gasteiger partial charge < -0.3 is 15.7 Å². The number of benzene rings is 1. The van der Waals surface area contributed by atoms with Gasteiger partial charge in [0.1, 0.15) is 0 Å². The quantitative estimate of drug-likeness (QED) is 0.773. The molecule has 4 nitrogen and oxygen atoms in total. The molecule has 1 saturated heterocycles. The Bertz CT molecular complexity index is 561. The summed E-state index contributed by atoms with van der Waals surface area (Å²) in [5, 5.41) is 16.6. The highest BCUT2D eigenvalue weighted by atomic mass is 32.2. The summed E-state index contributed by atoms with van der Waals surface area (Å²) in [6.45, 7) is 9.64. The van der Waals surface area contributed by atoms with Crippen molar-refractivity contribution in [3.8, 4) is 0 Å². The summed E-state index contributed by atoms with van der Waals surface area (Å²) < 4.78 is 0. The standard InChI is InChI=1S/C18H28N2O2S/c1-13-14(6-5-7-15(13)19-10-17(2,3)4)16(21)20-11-18(22)8-9-23-12-18/h5-7,19,22H,8-12H2,1-4H3,(H,20,21)/t18-/m1/s1. The third-order valence-electron chi connectivity index (χ3n) is 4.05. The van der Waals surface area contributed by atoms with E-state index in [4.69, 9.17) is 0 Å². The Kier molecular flexibility index (Phi) is 5.63. The van der Waals surface area contributed by atoms with Crippen molar-refractivity contribution in [2.24, 2.45) is 5.41 Å². The molecule has 1 heterocycles. The van der Waals surface area contributed by atoms with E-state index >= 15 is 0 Å². The Morgan fingerprint density at radius 2 is 2.13 bits per heavy atom. The van der Waals surface area contributed by atoms with E-state index in [-0.39, 0.29) is 11.3 Å². The van der Waals surface area contributed by atoms with E-state index in [0.717, 1.165) is 30.0 Å². The van der Waals surface area contributed by atoms with Gasteiger partial charge in [-0.15, -0.1) is 0 Å². The highest BCUT2D eigenvalue weighted by Crippen LogP contribution is 2.27. The van der Waals surface area contributed by atoms with Crippen molar-refractivity contribution in [1.29, 1.82) is 0 Å². The molecule has 0 saturated carbocycles. The number of carbonyl (C=O) groups is 1. The summed E-state index contributed by atoms with van der Waals surface area (Å²) in [6.07, 6.45) is 0.740. The van der Waals surface area contributed by atoms with Crippen molar-refractivity contribution in [1.82, 2.24) is 5.32 Å². The molecular weight excluding hydrogens is 308 g/mol. The topological polar surface area (TPSA) is 61.4 Å². The molecule has 0 spiro atoms. The molecular formula is C18H28N2O2S. The first-order chi connectivity index (χ1) is 10.7. The van der Waals surface area contributed by atoms with Crippen LogP contribution < -0.4 is 10.6 Å². The summed E-state index contributed by atoms with van der Waals surface area (Å²) in [5.41, 5.74) is 2.02. The molecule has 0 aliphatic carbocycles. The number of rotatable bonds is 5. The van der Waals surface area contributed by atoms with Crippen LogP contribution in [0.25, 0.3) is 0 Å². The number of thioether (sulfide) groups is 1. The molecule has 0 aromatic heterocycles. The average molecular weight is 337 g/mol. The lowest BCUT2D eigenvalue weighted by atomic mass is 9.96. The third-order valence-corrected chi connectivity index (χ3v) is 5.28. The van der Waals surface area contributed by atoms with Crippen LogP contribution in [0.5, 0.6) is 0 Å². The molecule has 1 aliphatic rings. The Balaban J connectivity index is 2.02. The fourth-order valence-electron chi connectivity index (χ4n) is 2.51. The minimum Gasteiger partial charge on any atom is -0.387 e. The Hall–Kier alpha value is -1.20. The number of hydrogen-bond donors (Lipinski definition) is 3. The number of anilines is 1. The van der Waals surface area contributed by atoms with Crippen molar-refractivity contribution in [2.45, 2.75) is 39.7 Å². The molecule has 0 bridgehead atoms. The van der Waals surface area contributed by atoms with E-state index in [0.29, 0.717) is 17.9 Å². The minimum absolute atomic E-state index is 0.118. The molecule has 3 N–H and O–H groups in total. The predicted octanol–water partition coefficient (Wildman–Crippen LogP) is 3.05. The van der Waals surface area contributed by atoms with Crippen LogP contribution in [-0.2, 0) is 0 Å². The molecule has 2 rings (SSSR count). The summed E-state index contributed by atoms with van der Waals surface area (Å²) in [5.74, 6) is 1.53. The van der Waals surface area contributed by atoms with Crippen LogP contribution in [0.1, 0.15) is 43.1 Å². The number of amides is 1. The van der Waals surface area contributed by atoms with E-state index in [9.17, 15) is 9.90 Å². The predicted molar refractivity (Wildman–Crippen MR) is 98.3 cm³/mol. The molecule has 1 atom stereocenters. The zero-order valence-corrected chi connectivity index (χ0v) is 15.3. The zero-order valence-electron chi connectivity index (χ0n) is 14.5. The second-order valence-corrected chi connectivity index (χ2v) is 8.71. The van der Waals surface area contributed by atoms with Gasteiger partial charge in [0, 0.05) is 30.1 Å². The van der Waals surface area contributed by atoms with Crippen LogP contribution in [0.4, 0.5) is 5.69 Å². The minimum atomic E-state index is -0.754. The van der Waals surface area contributed by atoms with E-state index in [1.54, 1.807) is 11.8 Å². The fraction of sp³-hybridized carbons (Fsp3) is 0.611. The number of nitrogens with one attached hydrogen (secondary N) is 2. The summed E-state index contributed by atoms with van der Waals surface area (Å²) in [4.78, 5) is 12.5. The number of hydrogen-bond acceptors (Lipinski definition) is 4. The SMILES string of the molecule is Cc1c(NCC(C)(C)C)cccc1C(=O)NC[C@]1(O)CCSC1. The average Bonchev–Trinajstić information content (AvgIpc) is 2.90. The Morgan fingerprint density at radius 1 is 1.39 bits per heavy atom. The van der Waals surface area contributed by atoms with Crippen LogP contribution in [0.15, 0.2) is 18.2 Å². The first-order valence-corrected chi connectivity index (χ1v) is 9.28. The van der Waals surface area contributed by atoms with Gasteiger partial charge in [-0.25, -0.2) is 0 Å². The molecule has 1 aliphatic heterocycles. The number of carbonyl (C=O) groups excluding carboxylic acids is 1. The maximum absolute atomic E-state index is 12.5. The summed E-state index contributed by atoms with van der Waals surface area (Å²) >= 11 is 1.73. The third kappa shape index (κ3) is 5.15. The van der Waals surface area contributed by atoms with Crippen LogP contribution in [-0.4, -0.2) is 41.2 Å². The molecule has 1 fully saturated rings. The van der Waals surface area contributed by atoms with Gasteiger partial charge in [-0.3, -0.25) is 4.79 Å². The second kappa shape index (κ2) is 7.14. The lowest BCUT2D eigenvalue weighted by Crippen LogP contribution is -2.43. The lowest BCUT2D eigenvalue weighted by Gasteiger charge is -2.23. The maximum atomic E-state index is 12.5. The van der Waals surface area contributed by atoms with Gasteiger partial charge in [0.05, 0.1) is 5.60 Å². The lowest BCUT2D eigenvalue weighted by molar-refractivity contribution is 0.0612. The van der Waals surface area contributed by atoms with Crippen molar-refractivity contribution >= 4 is 23.4 Å². The zero-order chi connectivity index (χ0) is 17.1. The van der Waals surface area contributed by atoms with Gasteiger partial charge in [-0.2, -0.15) is 11.8 Å². The number of aliphatic hydroxyl groups is 1. The van der Waals surface area contributed by atoms with Crippen LogP contribution in [0.2, 0.25) is 0 Å². The van der Waals surface area contributed by atoms with Gasteiger partial charge in [0.2, 0.25) is 0 Å². The maximum Gasteiger partial charge on any atom is 0.251 e.